The SMILES string of the molecule is CCC(C)(C)OC(=O)C(C)N. The number of carbonyl (C=O) groups excluding carboxylic acids is 1. The molecule has 3 nitrogen and oxygen atoms in total. The number of hydrogen-bond acceptors (Lipinski definition) is 3. The van der Waals surface area contributed by atoms with Gasteiger partial charge in [0.2, 0.25) is 0 Å². The molecule has 0 spiro atoms. The van der Waals surface area contributed by atoms with Crippen molar-refractivity contribution in [3.05, 3.63) is 0 Å². The smallest absolute Gasteiger partial charge is 0.323 e. The molecule has 3 heteroatoms. The van der Waals surface area contributed by atoms with Gasteiger partial charge in [0.1, 0.15) is 11.6 Å². The molecule has 0 heterocycles. The number of carbonyl (C=O) groups is 1. The van der Waals surface area contributed by atoms with Crippen molar-refractivity contribution in [3.8, 4) is 0 Å². The molecule has 0 aromatic carbocycles. The van der Waals surface area contributed by atoms with Gasteiger partial charge in [0.25, 0.3) is 0 Å². The molecule has 0 saturated carbocycles. The van der Waals surface area contributed by atoms with Crippen LogP contribution >= 0.6 is 0 Å². The number of rotatable bonds is 3. The summed E-state index contributed by atoms with van der Waals surface area (Å²) >= 11 is 0. The monoisotopic (exact) mass is 159 g/mol. The summed E-state index contributed by atoms with van der Waals surface area (Å²) in [6.45, 7) is 7.32. The summed E-state index contributed by atoms with van der Waals surface area (Å²) in [4.78, 5) is 11.0. The molecule has 1 unspecified atom stereocenters. The predicted molar refractivity (Wildman–Crippen MR) is 44.1 cm³/mol. The molecule has 0 aromatic rings. The number of hydrogen-bond donors (Lipinski definition) is 1. The molecule has 11 heavy (non-hydrogen) atoms. The Morgan fingerprint density at radius 1 is 1.64 bits per heavy atom. The van der Waals surface area contributed by atoms with Crippen molar-refractivity contribution in [1.82, 2.24) is 0 Å². The first-order valence-corrected chi connectivity index (χ1v) is 3.87. The number of nitrogens with two attached hydrogens (primary N) is 1. The second-order valence-corrected chi connectivity index (χ2v) is 3.32. The Kier molecular flexibility index (Phi) is 3.52. The van der Waals surface area contributed by atoms with E-state index in [-0.39, 0.29) is 11.6 Å². The van der Waals surface area contributed by atoms with E-state index < -0.39 is 6.04 Å². The summed E-state index contributed by atoms with van der Waals surface area (Å²) in [5, 5.41) is 0. The Labute approximate surface area is 67.9 Å². The normalized spacial score (nSPS) is 14.3. The van der Waals surface area contributed by atoms with Crippen molar-refractivity contribution in [1.29, 1.82) is 0 Å². The van der Waals surface area contributed by atoms with E-state index in [2.05, 4.69) is 0 Å². The van der Waals surface area contributed by atoms with Gasteiger partial charge in [-0.05, 0) is 27.2 Å². The van der Waals surface area contributed by atoms with Gasteiger partial charge >= 0.3 is 5.97 Å². The largest absolute Gasteiger partial charge is 0.459 e. The van der Waals surface area contributed by atoms with Crippen molar-refractivity contribution < 1.29 is 9.53 Å². The average molecular weight is 159 g/mol. The highest BCUT2D eigenvalue weighted by Gasteiger charge is 2.21. The average Bonchev–Trinajstić information content (AvgIpc) is 1.87. The van der Waals surface area contributed by atoms with Crippen molar-refractivity contribution in [2.45, 2.75) is 45.8 Å². The minimum Gasteiger partial charge on any atom is -0.459 e. The highest BCUT2D eigenvalue weighted by Crippen LogP contribution is 2.13. The van der Waals surface area contributed by atoms with Crippen LogP contribution < -0.4 is 5.73 Å². The third-order valence-electron chi connectivity index (χ3n) is 1.60. The molecule has 0 aliphatic carbocycles. The van der Waals surface area contributed by atoms with E-state index in [1.165, 1.54) is 0 Å². The first kappa shape index (κ1) is 10.4. The fraction of sp³-hybridized carbons (Fsp3) is 0.875. The maximum absolute atomic E-state index is 11.0. The van der Waals surface area contributed by atoms with Crippen molar-refractivity contribution in [2.75, 3.05) is 0 Å². The van der Waals surface area contributed by atoms with Crippen LogP contribution in [-0.2, 0) is 9.53 Å². The quantitative estimate of drug-likeness (QED) is 0.626. The molecular weight excluding hydrogens is 142 g/mol. The van der Waals surface area contributed by atoms with Gasteiger partial charge in [-0.15, -0.1) is 0 Å². The molecule has 66 valence electrons. The second kappa shape index (κ2) is 3.72. The lowest BCUT2D eigenvalue weighted by molar-refractivity contribution is -0.157. The van der Waals surface area contributed by atoms with Crippen molar-refractivity contribution in [2.24, 2.45) is 5.73 Å². The van der Waals surface area contributed by atoms with E-state index in [9.17, 15) is 4.79 Å². The summed E-state index contributed by atoms with van der Waals surface area (Å²) in [6, 6.07) is -0.527. The molecule has 0 rings (SSSR count). The third-order valence-corrected chi connectivity index (χ3v) is 1.60. The lowest BCUT2D eigenvalue weighted by atomic mass is 10.1. The highest BCUT2D eigenvalue weighted by atomic mass is 16.6. The fourth-order valence-corrected chi connectivity index (χ4v) is 0.437. The van der Waals surface area contributed by atoms with Gasteiger partial charge in [-0.2, -0.15) is 0 Å². The van der Waals surface area contributed by atoms with Crippen LogP contribution in [0.2, 0.25) is 0 Å². The molecule has 0 radical (unpaired) electrons. The van der Waals surface area contributed by atoms with E-state index in [0.717, 1.165) is 6.42 Å². The standard InChI is InChI=1S/C8H17NO2/c1-5-8(3,4)11-7(10)6(2)9/h6H,5,9H2,1-4H3. The van der Waals surface area contributed by atoms with Crippen LogP contribution in [0.1, 0.15) is 34.1 Å². The van der Waals surface area contributed by atoms with E-state index >= 15 is 0 Å². The molecule has 0 bridgehead atoms. The van der Waals surface area contributed by atoms with Crippen LogP contribution in [0.4, 0.5) is 0 Å². The molecular formula is C8H17NO2. The Hall–Kier alpha value is -0.570. The molecule has 1 atom stereocenters. The first-order chi connectivity index (χ1) is 4.89. The topological polar surface area (TPSA) is 52.3 Å². The maximum atomic E-state index is 11.0. The van der Waals surface area contributed by atoms with Gasteiger partial charge in [0.15, 0.2) is 0 Å². The molecule has 0 amide bonds. The van der Waals surface area contributed by atoms with E-state index in [0.29, 0.717) is 0 Å². The van der Waals surface area contributed by atoms with Gasteiger partial charge in [-0.25, -0.2) is 0 Å². The molecule has 0 aliphatic rings. The zero-order valence-corrected chi connectivity index (χ0v) is 7.68. The third kappa shape index (κ3) is 3.98. The lowest BCUT2D eigenvalue weighted by Gasteiger charge is -2.24. The van der Waals surface area contributed by atoms with Gasteiger partial charge in [0, 0.05) is 0 Å². The summed E-state index contributed by atoms with van der Waals surface area (Å²) in [6.07, 6.45) is 0.797. The van der Waals surface area contributed by atoms with E-state index in [1.54, 1.807) is 6.92 Å². The molecule has 0 saturated heterocycles. The highest BCUT2D eigenvalue weighted by molar-refractivity contribution is 5.75. The second-order valence-electron chi connectivity index (χ2n) is 3.32. The van der Waals surface area contributed by atoms with Crippen LogP contribution in [0.25, 0.3) is 0 Å². The number of ether oxygens (including phenoxy) is 1. The van der Waals surface area contributed by atoms with Gasteiger partial charge in [0.05, 0.1) is 0 Å². The summed E-state index contributed by atoms with van der Waals surface area (Å²) < 4.78 is 5.08. The van der Waals surface area contributed by atoms with Crippen LogP contribution in [0.15, 0.2) is 0 Å². The minimum atomic E-state index is -0.527. The van der Waals surface area contributed by atoms with E-state index in [4.69, 9.17) is 10.5 Å². The van der Waals surface area contributed by atoms with Crippen molar-refractivity contribution >= 4 is 5.97 Å². The van der Waals surface area contributed by atoms with Crippen LogP contribution in [0.5, 0.6) is 0 Å². The summed E-state index contributed by atoms with van der Waals surface area (Å²) in [7, 11) is 0. The van der Waals surface area contributed by atoms with E-state index in [1.807, 2.05) is 20.8 Å². The minimum absolute atomic E-state index is 0.336. The zero-order chi connectivity index (χ0) is 9.07. The Morgan fingerprint density at radius 3 is 2.36 bits per heavy atom. The lowest BCUT2D eigenvalue weighted by Crippen LogP contribution is -2.36. The van der Waals surface area contributed by atoms with Crippen molar-refractivity contribution in [3.63, 3.8) is 0 Å². The van der Waals surface area contributed by atoms with Crippen LogP contribution in [0, 0.1) is 0 Å². The molecule has 2 N–H and O–H groups in total. The maximum Gasteiger partial charge on any atom is 0.323 e. The predicted octanol–water partition coefficient (Wildman–Crippen LogP) is 1.07. The Balaban J connectivity index is 3.94. The Morgan fingerprint density at radius 2 is 2.09 bits per heavy atom. The van der Waals surface area contributed by atoms with Gasteiger partial charge < -0.3 is 10.5 Å². The molecule has 0 aromatic heterocycles. The van der Waals surface area contributed by atoms with Crippen LogP contribution in [-0.4, -0.2) is 17.6 Å². The summed E-state index contributed by atoms with van der Waals surface area (Å²) in [5.41, 5.74) is 4.94. The molecule has 0 aliphatic heterocycles. The molecule has 0 fully saturated rings. The zero-order valence-electron chi connectivity index (χ0n) is 7.68. The van der Waals surface area contributed by atoms with Gasteiger partial charge in [-0.1, -0.05) is 6.92 Å². The summed E-state index contributed by atoms with van der Waals surface area (Å²) in [5.74, 6) is -0.336. The number of esters is 1. The fourth-order valence-electron chi connectivity index (χ4n) is 0.437. The van der Waals surface area contributed by atoms with Crippen LogP contribution in [0.3, 0.4) is 0 Å². The van der Waals surface area contributed by atoms with Gasteiger partial charge in [-0.3, -0.25) is 4.79 Å². The first-order valence-electron chi connectivity index (χ1n) is 3.87. The Bertz CT molecular complexity index is 141.